The number of hydrazine groups is 1. The fourth-order valence-electron chi connectivity index (χ4n) is 1.96. The summed E-state index contributed by atoms with van der Waals surface area (Å²) in [5, 5.41) is 2.63. The molecule has 0 aliphatic heterocycles. The number of benzene rings is 1. The molecule has 8 heteroatoms. The smallest absolute Gasteiger partial charge is 0.329 e. The van der Waals surface area contributed by atoms with E-state index in [2.05, 4.69) is 16.2 Å². The summed E-state index contributed by atoms with van der Waals surface area (Å²) in [5.41, 5.74) is 5.40. The number of hydrogen-bond donors (Lipinski definition) is 3. The summed E-state index contributed by atoms with van der Waals surface area (Å²) < 4.78 is 4.91. The van der Waals surface area contributed by atoms with E-state index in [0.717, 1.165) is 5.56 Å². The molecule has 0 spiro atoms. The molecule has 3 N–H and O–H groups in total. The number of ether oxygens (including phenoxy) is 1. The Bertz CT molecular complexity index is 657. The number of carbonyl (C=O) groups is 4. The third kappa shape index (κ3) is 6.62. The quantitative estimate of drug-likeness (QED) is 0.510. The summed E-state index contributed by atoms with van der Waals surface area (Å²) >= 11 is 0. The zero-order chi connectivity index (χ0) is 19.0. The van der Waals surface area contributed by atoms with Crippen molar-refractivity contribution in [2.75, 3.05) is 6.61 Å². The minimum atomic E-state index is -0.902. The molecule has 136 valence electrons. The Hall–Kier alpha value is -2.90. The topological polar surface area (TPSA) is 114 Å². The van der Waals surface area contributed by atoms with Crippen molar-refractivity contribution in [1.29, 1.82) is 0 Å². The zero-order valence-electron chi connectivity index (χ0n) is 14.7. The SMILES string of the molecule is CC(=O)NNC(=O)COC(=O)[C@@H](NC(=O)c1ccccc1C)C(C)C. The Morgan fingerprint density at radius 3 is 2.28 bits per heavy atom. The fourth-order valence-corrected chi connectivity index (χ4v) is 1.96. The van der Waals surface area contributed by atoms with E-state index in [1.165, 1.54) is 6.92 Å². The van der Waals surface area contributed by atoms with E-state index >= 15 is 0 Å². The molecule has 8 nitrogen and oxygen atoms in total. The molecule has 1 aromatic rings. The average Bonchev–Trinajstić information content (AvgIpc) is 2.55. The molecular weight excluding hydrogens is 326 g/mol. The Balaban J connectivity index is 2.65. The number of esters is 1. The van der Waals surface area contributed by atoms with Crippen molar-refractivity contribution < 1.29 is 23.9 Å². The minimum Gasteiger partial charge on any atom is -0.454 e. The van der Waals surface area contributed by atoms with Crippen LogP contribution in [0.1, 0.15) is 36.7 Å². The first-order chi connectivity index (χ1) is 11.7. The van der Waals surface area contributed by atoms with Crippen molar-refractivity contribution >= 4 is 23.7 Å². The van der Waals surface area contributed by atoms with Crippen molar-refractivity contribution in [3.05, 3.63) is 35.4 Å². The summed E-state index contributed by atoms with van der Waals surface area (Å²) in [6, 6.07) is 6.10. The number of nitrogens with one attached hydrogen (secondary N) is 3. The molecule has 0 aromatic heterocycles. The lowest BCUT2D eigenvalue weighted by molar-refractivity contribution is -0.151. The number of rotatable bonds is 6. The first-order valence-electron chi connectivity index (χ1n) is 7.81. The van der Waals surface area contributed by atoms with Crippen LogP contribution in [-0.4, -0.2) is 36.3 Å². The van der Waals surface area contributed by atoms with Gasteiger partial charge in [0.2, 0.25) is 5.91 Å². The van der Waals surface area contributed by atoms with Crippen molar-refractivity contribution in [2.24, 2.45) is 5.92 Å². The lowest BCUT2D eigenvalue weighted by Crippen LogP contribution is -2.47. The van der Waals surface area contributed by atoms with Crippen LogP contribution in [0.15, 0.2) is 24.3 Å². The molecule has 0 unspecified atom stereocenters. The molecule has 1 rings (SSSR count). The van der Waals surface area contributed by atoms with Crippen LogP contribution in [0.3, 0.4) is 0 Å². The van der Waals surface area contributed by atoms with Gasteiger partial charge in [-0.3, -0.25) is 25.2 Å². The van der Waals surface area contributed by atoms with Gasteiger partial charge in [0.15, 0.2) is 6.61 Å². The molecule has 0 fully saturated rings. The molecule has 0 aliphatic rings. The first kappa shape index (κ1) is 20.1. The molecule has 0 saturated heterocycles. The second-order valence-electron chi connectivity index (χ2n) is 5.85. The average molecular weight is 349 g/mol. The van der Waals surface area contributed by atoms with Crippen LogP contribution < -0.4 is 16.2 Å². The molecule has 0 aliphatic carbocycles. The van der Waals surface area contributed by atoms with E-state index < -0.39 is 36.3 Å². The van der Waals surface area contributed by atoms with Gasteiger partial charge in [0.25, 0.3) is 11.8 Å². The second kappa shape index (κ2) is 9.41. The number of carbonyl (C=O) groups excluding carboxylic acids is 4. The van der Waals surface area contributed by atoms with Gasteiger partial charge in [0.05, 0.1) is 0 Å². The lowest BCUT2D eigenvalue weighted by atomic mass is 10.0. The Labute approximate surface area is 146 Å². The molecule has 3 amide bonds. The number of amides is 3. The summed E-state index contributed by atoms with van der Waals surface area (Å²) in [4.78, 5) is 46.7. The second-order valence-corrected chi connectivity index (χ2v) is 5.85. The van der Waals surface area contributed by atoms with Crippen LogP contribution in [-0.2, 0) is 19.1 Å². The van der Waals surface area contributed by atoms with E-state index in [9.17, 15) is 19.2 Å². The van der Waals surface area contributed by atoms with Gasteiger partial charge in [0.1, 0.15) is 6.04 Å². The van der Waals surface area contributed by atoms with Crippen LogP contribution in [0.25, 0.3) is 0 Å². The van der Waals surface area contributed by atoms with Crippen molar-refractivity contribution in [1.82, 2.24) is 16.2 Å². The molecule has 1 aromatic carbocycles. The van der Waals surface area contributed by atoms with Crippen LogP contribution in [0, 0.1) is 12.8 Å². The largest absolute Gasteiger partial charge is 0.454 e. The summed E-state index contributed by atoms with van der Waals surface area (Å²) in [6.45, 7) is 5.96. The van der Waals surface area contributed by atoms with Crippen LogP contribution in [0.4, 0.5) is 0 Å². The van der Waals surface area contributed by atoms with Gasteiger partial charge in [-0.05, 0) is 24.5 Å². The third-order valence-electron chi connectivity index (χ3n) is 3.32. The van der Waals surface area contributed by atoms with Gasteiger partial charge in [-0.25, -0.2) is 4.79 Å². The predicted octanol–water partition coefficient (Wildman–Crippen LogP) is 0.460. The highest BCUT2D eigenvalue weighted by Gasteiger charge is 2.27. The first-order valence-corrected chi connectivity index (χ1v) is 7.81. The maximum atomic E-state index is 12.4. The molecule has 25 heavy (non-hydrogen) atoms. The molecule has 0 heterocycles. The monoisotopic (exact) mass is 349 g/mol. The molecular formula is C17H23N3O5. The highest BCUT2D eigenvalue weighted by Crippen LogP contribution is 2.10. The van der Waals surface area contributed by atoms with Crippen LogP contribution >= 0.6 is 0 Å². The number of aryl methyl sites for hydroxylation is 1. The van der Waals surface area contributed by atoms with Crippen LogP contribution in [0.5, 0.6) is 0 Å². The Morgan fingerprint density at radius 1 is 1.08 bits per heavy atom. The van der Waals surface area contributed by atoms with E-state index in [-0.39, 0.29) is 5.92 Å². The van der Waals surface area contributed by atoms with Crippen molar-refractivity contribution in [3.63, 3.8) is 0 Å². The van der Waals surface area contributed by atoms with Gasteiger partial charge in [-0.1, -0.05) is 32.0 Å². The lowest BCUT2D eigenvalue weighted by Gasteiger charge is -2.21. The van der Waals surface area contributed by atoms with Gasteiger partial charge >= 0.3 is 5.97 Å². The van der Waals surface area contributed by atoms with Crippen molar-refractivity contribution in [3.8, 4) is 0 Å². The van der Waals surface area contributed by atoms with Gasteiger partial charge in [-0.2, -0.15) is 0 Å². The maximum Gasteiger partial charge on any atom is 0.329 e. The van der Waals surface area contributed by atoms with Crippen LogP contribution in [0.2, 0.25) is 0 Å². The molecule has 1 atom stereocenters. The Kier molecular flexibility index (Phi) is 7.58. The van der Waals surface area contributed by atoms with E-state index in [4.69, 9.17) is 4.74 Å². The summed E-state index contributed by atoms with van der Waals surface area (Å²) in [5.74, 6) is -2.49. The Morgan fingerprint density at radius 2 is 1.72 bits per heavy atom. The maximum absolute atomic E-state index is 12.4. The fraction of sp³-hybridized carbons (Fsp3) is 0.412. The predicted molar refractivity (Wildman–Crippen MR) is 90.2 cm³/mol. The third-order valence-corrected chi connectivity index (χ3v) is 3.32. The highest BCUT2D eigenvalue weighted by atomic mass is 16.5. The van der Waals surface area contributed by atoms with Gasteiger partial charge in [-0.15, -0.1) is 0 Å². The normalized spacial score (nSPS) is 11.4. The zero-order valence-corrected chi connectivity index (χ0v) is 14.7. The van der Waals surface area contributed by atoms with Crippen molar-refractivity contribution in [2.45, 2.75) is 33.7 Å². The summed E-state index contributed by atoms with van der Waals surface area (Å²) in [7, 11) is 0. The standard InChI is InChI=1S/C17H23N3O5/c1-10(2)15(17(24)25-9-14(22)20-19-12(4)21)18-16(23)13-8-6-5-7-11(13)3/h5-8,10,15H,9H2,1-4H3,(H,18,23)(H,19,21)(H,20,22)/t15-/m0/s1. The van der Waals surface area contributed by atoms with Gasteiger partial charge < -0.3 is 10.1 Å². The number of hydrogen-bond acceptors (Lipinski definition) is 5. The molecule has 0 saturated carbocycles. The van der Waals surface area contributed by atoms with E-state index in [1.807, 2.05) is 6.07 Å². The van der Waals surface area contributed by atoms with E-state index in [0.29, 0.717) is 5.56 Å². The van der Waals surface area contributed by atoms with E-state index in [1.54, 1.807) is 39.0 Å². The molecule has 0 bridgehead atoms. The van der Waals surface area contributed by atoms with Gasteiger partial charge in [0, 0.05) is 12.5 Å². The summed E-state index contributed by atoms with van der Waals surface area (Å²) in [6.07, 6.45) is 0. The highest BCUT2D eigenvalue weighted by molar-refractivity contribution is 5.98. The minimum absolute atomic E-state index is 0.237. The molecule has 0 radical (unpaired) electrons.